The lowest BCUT2D eigenvalue weighted by molar-refractivity contribution is -0.383. The van der Waals surface area contributed by atoms with Crippen molar-refractivity contribution >= 4 is 32.0 Å². The van der Waals surface area contributed by atoms with E-state index < -0.39 is 14.9 Å². The first-order chi connectivity index (χ1) is 7.42. The van der Waals surface area contributed by atoms with Gasteiger partial charge in [0.2, 0.25) is 10.0 Å². The molecule has 90 valence electrons. The lowest BCUT2D eigenvalue weighted by atomic mass is 10.5. The van der Waals surface area contributed by atoms with Crippen LogP contribution in [-0.2, 0) is 10.0 Å². The molecular weight excluding hydrogens is 256 g/mol. The second-order valence-corrected chi connectivity index (χ2v) is 5.73. The van der Waals surface area contributed by atoms with Crippen molar-refractivity contribution in [2.24, 2.45) is 5.84 Å². The number of hydrogen-bond donors (Lipinski definition) is 3. The van der Waals surface area contributed by atoms with Gasteiger partial charge in [-0.2, -0.15) is 0 Å². The maximum absolute atomic E-state index is 11.5. The van der Waals surface area contributed by atoms with E-state index in [2.05, 4.69) is 10.1 Å². The highest BCUT2D eigenvalue weighted by Crippen LogP contribution is 2.35. The summed E-state index contributed by atoms with van der Waals surface area (Å²) in [6.07, 6.45) is 0. The van der Waals surface area contributed by atoms with Crippen LogP contribution in [0.1, 0.15) is 6.92 Å². The highest BCUT2D eigenvalue weighted by atomic mass is 32.2. The third-order valence-corrected chi connectivity index (χ3v) is 4.69. The van der Waals surface area contributed by atoms with Crippen molar-refractivity contribution in [1.29, 1.82) is 0 Å². The van der Waals surface area contributed by atoms with Crippen molar-refractivity contribution in [2.45, 2.75) is 11.1 Å². The van der Waals surface area contributed by atoms with E-state index in [4.69, 9.17) is 5.84 Å². The largest absolute Gasteiger partial charge is 0.310 e. The number of nitrogens with zero attached hydrogens (tertiary/aromatic N) is 1. The molecule has 16 heavy (non-hydrogen) atoms. The zero-order chi connectivity index (χ0) is 12.3. The summed E-state index contributed by atoms with van der Waals surface area (Å²) in [6, 6.07) is 0.970. The van der Waals surface area contributed by atoms with E-state index in [-0.39, 0.29) is 21.4 Å². The molecule has 4 N–H and O–H groups in total. The number of hydrazine groups is 1. The van der Waals surface area contributed by atoms with Gasteiger partial charge in [-0.3, -0.25) is 10.1 Å². The fraction of sp³-hybridized carbons (Fsp3) is 0.333. The molecule has 0 aliphatic heterocycles. The predicted molar refractivity (Wildman–Crippen MR) is 59.6 cm³/mol. The molecule has 1 rings (SSSR count). The summed E-state index contributed by atoms with van der Waals surface area (Å²) in [7, 11) is -3.69. The smallest absolute Gasteiger partial charge is 0.306 e. The third-order valence-electron chi connectivity index (χ3n) is 1.62. The zero-order valence-corrected chi connectivity index (χ0v) is 9.89. The van der Waals surface area contributed by atoms with Gasteiger partial charge in [-0.15, -0.1) is 0 Å². The predicted octanol–water partition coefficient (Wildman–Crippen LogP) is 0.240. The summed E-state index contributed by atoms with van der Waals surface area (Å²) in [4.78, 5) is 9.88. The van der Waals surface area contributed by atoms with Crippen molar-refractivity contribution in [2.75, 3.05) is 12.0 Å². The molecule has 0 unspecified atom stereocenters. The van der Waals surface area contributed by atoms with Crippen LogP contribution in [0.5, 0.6) is 0 Å². The molecule has 8 nitrogen and oxygen atoms in total. The summed E-state index contributed by atoms with van der Waals surface area (Å²) in [6.45, 7) is 1.82. The number of nitrogens with one attached hydrogen (secondary N) is 2. The van der Waals surface area contributed by atoms with Gasteiger partial charge >= 0.3 is 5.69 Å². The molecular formula is C6H10N4O4S2. The molecule has 0 bridgehead atoms. The second-order valence-electron chi connectivity index (χ2n) is 2.68. The molecule has 0 radical (unpaired) electrons. The van der Waals surface area contributed by atoms with Crippen LogP contribution in [0.15, 0.2) is 10.3 Å². The standard InChI is InChI=1S/C6H10N4O4S2/c1-2-8-16(13,14)5-3-4(10(11)12)6(9-7)15-5/h3,8-9H,2,7H2,1H3. The Morgan fingerprint density at radius 3 is 2.62 bits per heavy atom. The van der Waals surface area contributed by atoms with Crippen molar-refractivity contribution in [1.82, 2.24) is 4.72 Å². The normalized spacial score (nSPS) is 11.4. The average Bonchev–Trinajstić information content (AvgIpc) is 2.61. The van der Waals surface area contributed by atoms with Gasteiger partial charge < -0.3 is 5.43 Å². The first-order valence-electron chi connectivity index (χ1n) is 4.17. The van der Waals surface area contributed by atoms with Crippen LogP contribution in [0.25, 0.3) is 0 Å². The molecule has 1 heterocycles. The minimum absolute atomic E-state index is 0.00137. The van der Waals surface area contributed by atoms with Crippen LogP contribution in [0.3, 0.4) is 0 Å². The van der Waals surface area contributed by atoms with Crippen molar-refractivity contribution < 1.29 is 13.3 Å². The highest BCUT2D eigenvalue weighted by Gasteiger charge is 2.25. The molecule has 0 fully saturated rings. The van der Waals surface area contributed by atoms with E-state index in [1.54, 1.807) is 6.92 Å². The monoisotopic (exact) mass is 266 g/mol. The van der Waals surface area contributed by atoms with Gasteiger partial charge in [-0.1, -0.05) is 18.3 Å². The Labute approximate surface area is 95.6 Å². The Kier molecular flexibility index (Phi) is 3.80. The van der Waals surface area contributed by atoms with Gasteiger partial charge in [0, 0.05) is 12.6 Å². The van der Waals surface area contributed by atoms with Gasteiger partial charge in [0.15, 0.2) is 5.00 Å². The number of nitrogen functional groups attached to an aromatic ring is 1. The molecule has 0 saturated carbocycles. The first kappa shape index (κ1) is 12.8. The number of thiophene rings is 1. The summed E-state index contributed by atoms with van der Waals surface area (Å²) < 4.78 is 25.2. The number of nitrogens with two attached hydrogens (primary N) is 1. The second kappa shape index (κ2) is 4.74. The molecule has 0 aromatic carbocycles. The van der Waals surface area contributed by atoms with E-state index in [0.717, 1.165) is 6.07 Å². The third kappa shape index (κ3) is 2.47. The van der Waals surface area contributed by atoms with E-state index in [1.807, 2.05) is 0 Å². The van der Waals surface area contributed by atoms with E-state index in [9.17, 15) is 18.5 Å². The fourth-order valence-corrected chi connectivity index (χ4v) is 3.32. The Hall–Kier alpha value is -1.23. The van der Waals surface area contributed by atoms with E-state index >= 15 is 0 Å². The van der Waals surface area contributed by atoms with E-state index in [0.29, 0.717) is 11.3 Å². The van der Waals surface area contributed by atoms with Gasteiger partial charge in [0.05, 0.1) is 4.92 Å². The van der Waals surface area contributed by atoms with Crippen LogP contribution in [-0.4, -0.2) is 19.9 Å². The first-order valence-corrected chi connectivity index (χ1v) is 6.46. The topological polar surface area (TPSA) is 127 Å². The van der Waals surface area contributed by atoms with Crippen LogP contribution in [0.2, 0.25) is 0 Å². The van der Waals surface area contributed by atoms with Crippen LogP contribution in [0, 0.1) is 10.1 Å². The van der Waals surface area contributed by atoms with Crippen molar-refractivity contribution in [3.05, 3.63) is 16.2 Å². The number of nitro groups is 1. The summed E-state index contributed by atoms with van der Waals surface area (Å²) >= 11 is 0.706. The molecule has 1 aromatic rings. The zero-order valence-electron chi connectivity index (χ0n) is 8.26. The molecule has 0 aliphatic rings. The van der Waals surface area contributed by atoms with Gasteiger partial charge in [-0.25, -0.2) is 19.0 Å². The van der Waals surface area contributed by atoms with Crippen LogP contribution in [0.4, 0.5) is 10.7 Å². The van der Waals surface area contributed by atoms with Gasteiger partial charge in [-0.05, 0) is 0 Å². The molecule has 0 amide bonds. The maximum Gasteiger partial charge on any atom is 0.306 e. The number of hydrogen-bond acceptors (Lipinski definition) is 7. The minimum Gasteiger partial charge on any atom is -0.310 e. The number of sulfonamides is 1. The number of rotatable bonds is 5. The summed E-state index contributed by atoms with van der Waals surface area (Å²) in [5, 5.41) is 10.6. The lowest BCUT2D eigenvalue weighted by Gasteiger charge is -1.98. The van der Waals surface area contributed by atoms with E-state index in [1.165, 1.54) is 0 Å². The molecule has 1 aromatic heterocycles. The Bertz CT molecular complexity index is 495. The summed E-state index contributed by atoms with van der Waals surface area (Å²) in [5.41, 5.74) is 1.74. The summed E-state index contributed by atoms with van der Waals surface area (Å²) in [5.74, 6) is 5.06. The molecule has 0 aliphatic carbocycles. The Morgan fingerprint density at radius 2 is 2.25 bits per heavy atom. The minimum atomic E-state index is -3.69. The molecule has 0 saturated heterocycles. The molecule has 10 heteroatoms. The number of anilines is 1. The van der Waals surface area contributed by atoms with Crippen LogP contribution >= 0.6 is 11.3 Å². The highest BCUT2D eigenvalue weighted by molar-refractivity contribution is 7.91. The SMILES string of the molecule is CCNS(=O)(=O)c1cc([N+](=O)[O-])c(NN)s1. The molecule has 0 atom stereocenters. The van der Waals surface area contributed by atoms with Gasteiger partial charge in [0.25, 0.3) is 0 Å². The average molecular weight is 266 g/mol. The molecule has 0 spiro atoms. The lowest BCUT2D eigenvalue weighted by Crippen LogP contribution is -2.22. The Balaban J connectivity index is 3.23. The maximum atomic E-state index is 11.5. The fourth-order valence-electron chi connectivity index (χ4n) is 0.992. The Morgan fingerprint density at radius 1 is 1.62 bits per heavy atom. The van der Waals surface area contributed by atoms with Crippen LogP contribution < -0.4 is 16.0 Å². The van der Waals surface area contributed by atoms with Crippen molar-refractivity contribution in [3.8, 4) is 0 Å². The quantitative estimate of drug-likeness (QED) is 0.398. The van der Waals surface area contributed by atoms with Gasteiger partial charge in [0.1, 0.15) is 4.21 Å². The van der Waals surface area contributed by atoms with Crippen molar-refractivity contribution in [3.63, 3.8) is 0 Å².